The number of aryl methyl sites for hydroxylation is 2. The number of aliphatic hydroxyl groups excluding tert-OH is 1. The molecule has 0 aromatic heterocycles. The van der Waals surface area contributed by atoms with Crippen LogP contribution in [0.25, 0.3) is 0 Å². The minimum atomic E-state index is -0.276. The van der Waals surface area contributed by atoms with Crippen LogP contribution in [0.2, 0.25) is 0 Å². The minimum absolute atomic E-state index is 0.276. The van der Waals surface area contributed by atoms with Gasteiger partial charge in [0.05, 0.1) is 6.10 Å². The summed E-state index contributed by atoms with van der Waals surface area (Å²) < 4.78 is 1.13. The van der Waals surface area contributed by atoms with Gasteiger partial charge in [-0.2, -0.15) is 0 Å². The van der Waals surface area contributed by atoms with Gasteiger partial charge in [-0.05, 0) is 55.4 Å². The quantitative estimate of drug-likeness (QED) is 0.840. The summed E-state index contributed by atoms with van der Waals surface area (Å²) in [5.74, 6) is 0.461. The van der Waals surface area contributed by atoms with Gasteiger partial charge in [0.15, 0.2) is 0 Å². The van der Waals surface area contributed by atoms with Gasteiger partial charge in [-0.3, -0.25) is 0 Å². The first-order chi connectivity index (χ1) is 8.09. The second-order valence-electron chi connectivity index (χ2n) is 5.30. The molecule has 2 heteroatoms. The third-order valence-corrected chi connectivity index (χ3v) is 4.82. The van der Waals surface area contributed by atoms with Crippen LogP contribution >= 0.6 is 15.9 Å². The summed E-state index contributed by atoms with van der Waals surface area (Å²) in [5.41, 5.74) is 3.53. The zero-order valence-electron chi connectivity index (χ0n) is 10.7. The number of hydrogen-bond donors (Lipinski definition) is 1. The second-order valence-corrected chi connectivity index (χ2v) is 6.16. The van der Waals surface area contributed by atoms with Crippen LogP contribution in [-0.4, -0.2) is 5.11 Å². The Morgan fingerprint density at radius 3 is 2.41 bits per heavy atom. The summed E-state index contributed by atoms with van der Waals surface area (Å²) in [5, 5.41) is 10.5. The van der Waals surface area contributed by atoms with Crippen molar-refractivity contribution in [2.24, 2.45) is 5.92 Å². The fourth-order valence-corrected chi connectivity index (χ4v) is 3.28. The molecule has 1 aromatic rings. The molecule has 2 rings (SSSR count). The van der Waals surface area contributed by atoms with Crippen LogP contribution in [0.4, 0.5) is 0 Å². The van der Waals surface area contributed by atoms with Gasteiger partial charge in [-0.15, -0.1) is 0 Å². The van der Waals surface area contributed by atoms with Gasteiger partial charge >= 0.3 is 0 Å². The fraction of sp³-hybridized carbons (Fsp3) is 0.600. The average molecular weight is 297 g/mol. The van der Waals surface area contributed by atoms with Crippen molar-refractivity contribution < 1.29 is 5.11 Å². The number of hydrogen-bond acceptors (Lipinski definition) is 1. The Bertz CT molecular complexity index is 394. The van der Waals surface area contributed by atoms with Crippen molar-refractivity contribution in [3.63, 3.8) is 0 Å². The molecule has 1 unspecified atom stereocenters. The van der Waals surface area contributed by atoms with Gasteiger partial charge in [0.25, 0.3) is 0 Å². The van der Waals surface area contributed by atoms with Gasteiger partial charge in [-0.1, -0.05) is 41.3 Å². The van der Waals surface area contributed by atoms with Crippen molar-refractivity contribution in [1.82, 2.24) is 0 Å². The molecule has 0 radical (unpaired) electrons. The maximum absolute atomic E-state index is 10.5. The van der Waals surface area contributed by atoms with E-state index in [9.17, 15) is 5.11 Å². The molecule has 1 atom stereocenters. The predicted molar refractivity (Wildman–Crippen MR) is 75.2 cm³/mol. The van der Waals surface area contributed by atoms with Gasteiger partial charge in [-0.25, -0.2) is 0 Å². The molecule has 0 bridgehead atoms. The molecule has 1 nitrogen and oxygen atoms in total. The molecule has 1 aliphatic rings. The Labute approximate surface area is 112 Å². The number of benzene rings is 1. The molecular formula is C15H21BrO. The first-order valence-electron chi connectivity index (χ1n) is 6.54. The SMILES string of the molecule is Cc1cc(C(O)C2CCCCC2)c(C)cc1Br. The van der Waals surface area contributed by atoms with Crippen LogP contribution in [0.3, 0.4) is 0 Å². The number of rotatable bonds is 2. The first kappa shape index (κ1) is 13.1. The van der Waals surface area contributed by atoms with Gasteiger partial charge in [0.2, 0.25) is 0 Å². The molecule has 17 heavy (non-hydrogen) atoms. The van der Waals surface area contributed by atoms with Crippen LogP contribution in [0.5, 0.6) is 0 Å². The maximum Gasteiger partial charge on any atom is 0.0820 e. The van der Waals surface area contributed by atoms with Crippen LogP contribution in [0.15, 0.2) is 16.6 Å². The lowest BCUT2D eigenvalue weighted by atomic mass is 9.81. The molecular weight excluding hydrogens is 276 g/mol. The molecule has 0 amide bonds. The van der Waals surface area contributed by atoms with E-state index in [4.69, 9.17) is 0 Å². The van der Waals surface area contributed by atoms with E-state index in [-0.39, 0.29) is 6.10 Å². The molecule has 0 heterocycles. The molecule has 94 valence electrons. The van der Waals surface area contributed by atoms with Crippen molar-refractivity contribution in [2.45, 2.75) is 52.1 Å². The Hall–Kier alpha value is -0.340. The first-order valence-corrected chi connectivity index (χ1v) is 7.33. The van der Waals surface area contributed by atoms with Crippen LogP contribution < -0.4 is 0 Å². The molecule has 1 saturated carbocycles. The van der Waals surface area contributed by atoms with Crippen molar-refractivity contribution in [2.75, 3.05) is 0 Å². The highest BCUT2D eigenvalue weighted by Gasteiger charge is 2.24. The molecule has 1 aliphatic carbocycles. The normalized spacial score (nSPS) is 19.3. The highest BCUT2D eigenvalue weighted by atomic mass is 79.9. The third kappa shape index (κ3) is 2.92. The maximum atomic E-state index is 10.5. The molecule has 0 saturated heterocycles. The van der Waals surface area contributed by atoms with Crippen molar-refractivity contribution in [1.29, 1.82) is 0 Å². The second kappa shape index (κ2) is 5.53. The van der Waals surface area contributed by atoms with Crippen LogP contribution in [0, 0.1) is 19.8 Å². The van der Waals surface area contributed by atoms with Crippen LogP contribution in [-0.2, 0) is 0 Å². The molecule has 1 N–H and O–H groups in total. The van der Waals surface area contributed by atoms with Crippen molar-refractivity contribution in [3.8, 4) is 0 Å². The van der Waals surface area contributed by atoms with E-state index < -0.39 is 0 Å². The van der Waals surface area contributed by atoms with E-state index in [0.29, 0.717) is 5.92 Å². The van der Waals surface area contributed by atoms with Crippen molar-refractivity contribution in [3.05, 3.63) is 33.3 Å². The highest BCUT2D eigenvalue weighted by Crippen LogP contribution is 2.36. The predicted octanol–water partition coefficient (Wildman–Crippen LogP) is 4.68. The van der Waals surface area contributed by atoms with Crippen LogP contribution in [0.1, 0.15) is 54.9 Å². The Balaban J connectivity index is 2.23. The largest absolute Gasteiger partial charge is 0.388 e. The van der Waals surface area contributed by atoms with Gasteiger partial charge in [0, 0.05) is 4.47 Å². The zero-order chi connectivity index (χ0) is 12.4. The van der Waals surface area contributed by atoms with E-state index >= 15 is 0 Å². The number of halogens is 1. The Morgan fingerprint density at radius 2 is 1.76 bits per heavy atom. The van der Waals surface area contributed by atoms with Gasteiger partial charge < -0.3 is 5.11 Å². The third-order valence-electron chi connectivity index (χ3n) is 3.96. The summed E-state index contributed by atoms with van der Waals surface area (Å²) in [7, 11) is 0. The minimum Gasteiger partial charge on any atom is -0.388 e. The average Bonchev–Trinajstić information content (AvgIpc) is 2.34. The van der Waals surface area contributed by atoms with E-state index in [0.717, 1.165) is 10.0 Å². The Morgan fingerprint density at radius 1 is 1.12 bits per heavy atom. The van der Waals surface area contributed by atoms with E-state index in [1.54, 1.807) is 0 Å². The molecule has 1 fully saturated rings. The topological polar surface area (TPSA) is 20.2 Å². The number of aliphatic hydroxyl groups is 1. The highest BCUT2D eigenvalue weighted by molar-refractivity contribution is 9.10. The smallest absolute Gasteiger partial charge is 0.0820 e. The molecule has 0 aliphatic heterocycles. The standard InChI is InChI=1S/C15H21BrO/c1-10-9-14(16)11(2)8-13(10)15(17)12-6-4-3-5-7-12/h8-9,12,15,17H,3-7H2,1-2H3. The summed E-state index contributed by atoms with van der Waals surface area (Å²) in [4.78, 5) is 0. The van der Waals surface area contributed by atoms with E-state index in [1.165, 1.54) is 43.2 Å². The Kier molecular flexibility index (Phi) is 4.26. The lowest BCUT2D eigenvalue weighted by Crippen LogP contribution is -2.17. The lowest BCUT2D eigenvalue weighted by molar-refractivity contribution is 0.0842. The summed E-state index contributed by atoms with van der Waals surface area (Å²) >= 11 is 3.54. The summed E-state index contributed by atoms with van der Waals surface area (Å²) in [6, 6.07) is 4.26. The monoisotopic (exact) mass is 296 g/mol. The lowest BCUT2D eigenvalue weighted by Gasteiger charge is -2.28. The van der Waals surface area contributed by atoms with Crippen molar-refractivity contribution >= 4 is 15.9 Å². The molecule has 0 spiro atoms. The summed E-state index contributed by atoms with van der Waals surface area (Å²) in [6.45, 7) is 4.17. The van der Waals surface area contributed by atoms with E-state index in [2.05, 4.69) is 41.9 Å². The molecule has 1 aromatic carbocycles. The van der Waals surface area contributed by atoms with E-state index in [1.807, 2.05) is 0 Å². The summed E-state index contributed by atoms with van der Waals surface area (Å²) in [6.07, 6.45) is 5.96. The zero-order valence-corrected chi connectivity index (χ0v) is 12.3. The van der Waals surface area contributed by atoms with Gasteiger partial charge in [0.1, 0.15) is 0 Å². The fourth-order valence-electron chi connectivity index (χ4n) is 2.83.